The van der Waals surface area contributed by atoms with E-state index in [1.807, 2.05) is 31.2 Å². The second-order valence-corrected chi connectivity index (χ2v) is 7.42. The molecule has 0 bridgehead atoms. The van der Waals surface area contributed by atoms with Crippen molar-refractivity contribution in [3.05, 3.63) is 65.7 Å². The number of guanidine groups is 1. The maximum absolute atomic E-state index is 11.7. The highest BCUT2D eigenvalue weighted by molar-refractivity contribution is 5.90. The van der Waals surface area contributed by atoms with Gasteiger partial charge in [-0.05, 0) is 42.5 Å². The Morgan fingerprint density at radius 3 is 2.36 bits per heavy atom. The number of hydrogen-bond acceptors (Lipinski definition) is 2. The minimum absolute atomic E-state index is 0.0606. The van der Waals surface area contributed by atoms with Gasteiger partial charge in [-0.25, -0.2) is 0 Å². The van der Waals surface area contributed by atoms with Crippen molar-refractivity contribution in [2.75, 3.05) is 18.9 Å². The van der Waals surface area contributed by atoms with Crippen LogP contribution in [-0.2, 0) is 16.8 Å². The Balaban J connectivity index is 1.47. The number of carbonyl (C=O) groups is 1. The van der Waals surface area contributed by atoms with Crippen molar-refractivity contribution in [3.63, 3.8) is 0 Å². The fourth-order valence-electron chi connectivity index (χ4n) is 3.33. The van der Waals surface area contributed by atoms with E-state index in [2.05, 4.69) is 51.3 Å². The SMILES string of the molecule is CCCC(=O)Nc1ccc(CNC(=NC)NCC2(c3ccccc3)CC2)cc1. The Kier molecular flexibility index (Phi) is 6.69. The molecule has 3 N–H and O–H groups in total. The number of aliphatic imine (C=N–C) groups is 1. The second kappa shape index (κ2) is 9.40. The van der Waals surface area contributed by atoms with Crippen molar-refractivity contribution in [1.82, 2.24) is 10.6 Å². The van der Waals surface area contributed by atoms with E-state index in [0.717, 1.165) is 30.2 Å². The highest BCUT2D eigenvalue weighted by atomic mass is 16.1. The maximum atomic E-state index is 11.7. The zero-order valence-electron chi connectivity index (χ0n) is 16.8. The van der Waals surface area contributed by atoms with Gasteiger partial charge < -0.3 is 16.0 Å². The molecule has 148 valence electrons. The van der Waals surface area contributed by atoms with Crippen molar-refractivity contribution >= 4 is 17.6 Å². The molecule has 0 heterocycles. The molecule has 1 aliphatic carbocycles. The van der Waals surface area contributed by atoms with Crippen LogP contribution in [0.3, 0.4) is 0 Å². The smallest absolute Gasteiger partial charge is 0.224 e. The van der Waals surface area contributed by atoms with Gasteiger partial charge >= 0.3 is 0 Å². The summed E-state index contributed by atoms with van der Waals surface area (Å²) < 4.78 is 0. The lowest BCUT2D eigenvalue weighted by Gasteiger charge is -2.19. The number of nitrogens with zero attached hydrogens (tertiary/aromatic N) is 1. The molecule has 1 fully saturated rings. The van der Waals surface area contributed by atoms with Crippen LogP contribution in [0.4, 0.5) is 5.69 Å². The summed E-state index contributed by atoms with van der Waals surface area (Å²) in [5.41, 5.74) is 3.62. The topological polar surface area (TPSA) is 65.5 Å². The number of anilines is 1. The van der Waals surface area contributed by atoms with Crippen LogP contribution >= 0.6 is 0 Å². The predicted octanol–water partition coefficient (Wildman–Crippen LogP) is 3.82. The highest BCUT2D eigenvalue weighted by Gasteiger charge is 2.43. The van der Waals surface area contributed by atoms with Gasteiger partial charge in [0.15, 0.2) is 5.96 Å². The molecule has 1 amide bonds. The lowest BCUT2D eigenvalue weighted by Crippen LogP contribution is -2.40. The summed E-state index contributed by atoms with van der Waals surface area (Å²) >= 11 is 0. The largest absolute Gasteiger partial charge is 0.356 e. The van der Waals surface area contributed by atoms with Crippen molar-refractivity contribution < 1.29 is 4.79 Å². The van der Waals surface area contributed by atoms with Gasteiger partial charge in [-0.3, -0.25) is 9.79 Å². The third kappa shape index (κ3) is 5.35. The van der Waals surface area contributed by atoms with Gasteiger partial charge in [0.2, 0.25) is 5.91 Å². The summed E-state index contributed by atoms with van der Waals surface area (Å²) in [5, 5.41) is 9.75. The van der Waals surface area contributed by atoms with E-state index >= 15 is 0 Å². The van der Waals surface area contributed by atoms with Crippen LogP contribution in [0.5, 0.6) is 0 Å². The summed E-state index contributed by atoms with van der Waals surface area (Å²) in [6, 6.07) is 18.6. The molecule has 3 rings (SSSR count). The van der Waals surface area contributed by atoms with Gasteiger partial charge in [0.1, 0.15) is 0 Å². The van der Waals surface area contributed by atoms with Crippen LogP contribution in [0, 0.1) is 0 Å². The molecule has 2 aromatic rings. The first-order valence-electron chi connectivity index (χ1n) is 10.0. The third-order valence-electron chi connectivity index (χ3n) is 5.23. The highest BCUT2D eigenvalue weighted by Crippen LogP contribution is 2.47. The fraction of sp³-hybridized carbons (Fsp3) is 0.391. The van der Waals surface area contributed by atoms with E-state index in [1.54, 1.807) is 7.05 Å². The molecule has 1 saturated carbocycles. The summed E-state index contributed by atoms with van der Waals surface area (Å²) in [4.78, 5) is 16.0. The predicted molar refractivity (Wildman–Crippen MR) is 116 cm³/mol. The molecule has 0 spiro atoms. The maximum Gasteiger partial charge on any atom is 0.224 e. The average molecular weight is 379 g/mol. The van der Waals surface area contributed by atoms with Crippen molar-refractivity contribution in [1.29, 1.82) is 0 Å². The molecule has 0 atom stereocenters. The van der Waals surface area contributed by atoms with E-state index in [1.165, 1.54) is 18.4 Å². The Morgan fingerprint density at radius 2 is 1.75 bits per heavy atom. The van der Waals surface area contributed by atoms with Gasteiger partial charge in [-0.15, -0.1) is 0 Å². The summed E-state index contributed by atoms with van der Waals surface area (Å²) in [7, 11) is 1.80. The van der Waals surface area contributed by atoms with Gasteiger partial charge in [0, 0.05) is 37.7 Å². The Morgan fingerprint density at radius 1 is 1.04 bits per heavy atom. The summed E-state index contributed by atoms with van der Waals surface area (Å²) in [5.74, 6) is 0.868. The first-order chi connectivity index (χ1) is 13.6. The molecule has 0 unspecified atom stereocenters. The zero-order valence-corrected chi connectivity index (χ0v) is 16.8. The van der Waals surface area contributed by atoms with E-state index in [4.69, 9.17) is 0 Å². The minimum atomic E-state index is 0.0606. The normalized spacial score (nSPS) is 15.0. The van der Waals surface area contributed by atoms with Crippen molar-refractivity contribution in [2.24, 2.45) is 4.99 Å². The van der Waals surface area contributed by atoms with Gasteiger partial charge in [0.05, 0.1) is 0 Å². The van der Waals surface area contributed by atoms with Crippen LogP contribution in [0.25, 0.3) is 0 Å². The molecular formula is C23H30N4O. The molecule has 5 nitrogen and oxygen atoms in total. The zero-order chi connectivity index (χ0) is 19.8. The standard InChI is InChI=1S/C23H30N4O/c1-3-7-21(28)27-20-12-10-18(11-13-20)16-25-22(24-2)26-17-23(14-15-23)19-8-5-4-6-9-19/h4-6,8-13H,3,7,14-17H2,1-2H3,(H,27,28)(H2,24,25,26). The number of amides is 1. The first kappa shape index (κ1) is 19.9. The number of rotatable bonds is 8. The molecular weight excluding hydrogens is 348 g/mol. The van der Waals surface area contributed by atoms with Crippen LogP contribution < -0.4 is 16.0 Å². The second-order valence-electron chi connectivity index (χ2n) is 7.42. The molecule has 0 radical (unpaired) electrons. The lowest BCUT2D eigenvalue weighted by atomic mass is 9.96. The number of hydrogen-bond donors (Lipinski definition) is 3. The molecule has 0 saturated heterocycles. The molecule has 1 aliphatic rings. The van der Waals surface area contributed by atoms with E-state index < -0.39 is 0 Å². The van der Waals surface area contributed by atoms with Crippen LogP contribution in [-0.4, -0.2) is 25.5 Å². The Labute approximate surface area is 167 Å². The lowest BCUT2D eigenvalue weighted by molar-refractivity contribution is -0.116. The molecule has 0 aliphatic heterocycles. The van der Waals surface area contributed by atoms with E-state index in [9.17, 15) is 4.79 Å². The molecule has 5 heteroatoms. The molecule has 0 aromatic heterocycles. The number of carbonyl (C=O) groups excluding carboxylic acids is 1. The van der Waals surface area contributed by atoms with Gasteiger partial charge in [0.25, 0.3) is 0 Å². The van der Waals surface area contributed by atoms with Crippen molar-refractivity contribution in [2.45, 2.75) is 44.6 Å². The van der Waals surface area contributed by atoms with Crippen molar-refractivity contribution in [3.8, 4) is 0 Å². The fourth-order valence-corrected chi connectivity index (χ4v) is 3.33. The average Bonchev–Trinajstić information content (AvgIpc) is 3.51. The summed E-state index contributed by atoms with van der Waals surface area (Å²) in [6.07, 6.45) is 3.83. The van der Waals surface area contributed by atoms with E-state index in [0.29, 0.717) is 13.0 Å². The first-order valence-corrected chi connectivity index (χ1v) is 10.0. The van der Waals surface area contributed by atoms with Gasteiger partial charge in [-0.1, -0.05) is 49.4 Å². The van der Waals surface area contributed by atoms with Gasteiger partial charge in [-0.2, -0.15) is 0 Å². The van der Waals surface area contributed by atoms with E-state index in [-0.39, 0.29) is 11.3 Å². The number of benzene rings is 2. The Hall–Kier alpha value is -2.82. The molecule has 28 heavy (non-hydrogen) atoms. The van der Waals surface area contributed by atoms with Crippen LogP contribution in [0.15, 0.2) is 59.6 Å². The van der Waals surface area contributed by atoms with Crippen LogP contribution in [0.1, 0.15) is 43.7 Å². The molecule has 2 aromatic carbocycles. The third-order valence-corrected chi connectivity index (χ3v) is 5.23. The monoisotopic (exact) mass is 378 g/mol. The summed E-state index contributed by atoms with van der Waals surface area (Å²) in [6.45, 7) is 3.57. The number of nitrogens with one attached hydrogen (secondary N) is 3. The minimum Gasteiger partial charge on any atom is -0.356 e. The quantitative estimate of drug-likeness (QED) is 0.483. The van der Waals surface area contributed by atoms with Crippen LogP contribution in [0.2, 0.25) is 0 Å². The Bertz CT molecular complexity index is 795.